The second-order valence-electron chi connectivity index (χ2n) is 6.71. The van der Waals surface area contributed by atoms with E-state index < -0.39 is 17.8 Å². The molecule has 1 aliphatic heterocycles. The van der Waals surface area contributed by atoms with Crippen LogP contribution in [-0.4, -0.2) is 21.6 Å². The molecule has 1 aromatic heterocycles. The van der Waals surface area contributed by atoms with Crippen LogP contribution < -0.4 is 10.6 Å². The van der Waals surface area contributed by atoms with E-state index in [1.54, 1.807) is 18.2 Å². The Hall–Kier alpha value is -3.55. The number of carbonyl (C=O) groups is 2. The molecule has 8 heteroatoms. The number of hydrogen-bond donors (Lipinski definition) is 2. The van der Waals surface area contributed by atoms with Gasteiger partial charge in [0.1, 0.15) is 23.5 Å². The lowest BCUT2D eigenvalue weighted by Crippen LogP contribution is -2.24. The Labute approximate surface area is 165 Å². The van der Waals surface area contributed by atoms with Gasteiger partial charge < -0.3 is 10.6 Å². The minimum atomic E-state index is -0.851. The summed E-state index contributed by atoms with van der Waals surface area (Å²) in [6, 6.07) is 10.9. The molecule has 0 spiro atoms. The number of fused-ring (bicyclic) bond motifs is 1. The summed E-state index contributed by atoms with van der Waals surface area (Å²) in [5, 5.41) is 9.77. The van der Waals surface area contributed by atoms with Gasteiger partial charge in [0, 0.05) is 5.56 Å². The van der Waals surface area contributed by atoms with Crippen molar-refractivity contribution in [3.63, 3.8) is 0 Å². The topological polar surface area (TPSA) is 76.0 Å². The fraction of sp³-hybridized carbons (Fsp3) is 0.190. The zero-order valence-corrected chi connectivity index (χ0v) is 15.6. The minimum absolute atomic E-state index is 0.0536. The molecule has 4 rings (SSSR count). The molecule has 0 saturated carbocycles. The number of amides is 2. The molecule has 2 amide bonds. The summed E-state index contributed by atoms with van der Waals surface area (Å²) in [6.07, 6.45) is 0.400. The first-order chi connectivity index (χ1) is 14.0. The van der Waals surface area contributed by atoms with Gasteiger partial charge in [0.25, 0.3) is 5.91 Å². The van der Waals surface area contributed by atoms with Gasteiger partial charge in [-0.25, -0.2) is 13.5 Å². The number of carbonyl (C=O) groups excluding carboxylic acids is 2. The van der Waals surface area contributed by atoms with Gasteiger partial charge in [-0.15, -0.1) is 0 Å². The summed E-state index contributed by atoms with van der Waals surface area (Å²) in [5.74, 6) is -1.31. The zero-order valence-electron chi connectivity index (χ0n) is 15.6. The second kappa shape index (κ2) is 7.46. The summed E-state index contributed by atoms with van der Waals surface area (Å²) in [5.41, 5.74) is 2.21. The minimum Gasteiger partial charge on any atom is -0.324 e. The highest BCUT2D eigenvalue weighted by atomic mass is 19.1. The van der Waals surface area contributed by atoms with E-state index in [-0.39, 0.29) is 23.8 Å². The smallest absolute Gasteiger partial charge is 0.251 e. The SMILES string of the molecule is CCc1nn2c(c1-c1ccc(F)cc1)NC(=O)C2CC(=O)Nc1ccccc1F. The molecule has 3 aromatic rings. The van der Waals surface area contributed by atoms with Gasteiger partial charge in [-0.3, -0.25) is 9.59 Å². The lowest BCUT2D eigenvalue weighted by molar-refractivity contribution is -0.123. The summed E-state index contributed by atoms with van der Waals surface area (Å²) < 4.78 is 28.5. The van der Waals surface area contributed by atoms with Gasteiger partial charge >= 0.3 is 0 Å². The van der Waals surface area contributed by atoms with Crippen LogP contribution in [0.5, 0.6) is 0 Å². The number of anilines is 2. The number of halogens is 2. The third-order valence-electron chi connectivity index (χ3n) is 4.82. The Bertz CT molecular complexity index is 1090. The van der Waals surface area contributed by atoms with Crippen molar-refractivity contribution in [1.82, 2.24) is 9.78 Å². The fourth-order valence-electron chi connectivity index (χ4n) is 3.42. The molecule has 0 saturated heterocycles. The molecule has 1 unspecified atom stereocenters. The molecule has 1 aliphatic rings. The highest BCUT2D eigenvalue weighted by molar-refractivity contribution is 6.04. The average molecular weight is 396 g/mol. The predicted molar refractivity (Wildman–Crippen MR) is 104 cm³/mol. The van der Waals surface area contributed by atoms with Gasteiger partial charge in [0.15, 0.2) is 0 Å². The third kappa shape index (κ3) is 3.49. The number of nitrogens with zero attached hydrogens (tertiary/aromatic N) is 2. The number of aromatic nitrogens is 2. The van der Waals surface area contributed by atoms with E-state index in [0.29, 0.717) is 17.8 Å². The van der Waals surface area contributed by atoms with Crippen LogP contribution >= 0.6 is 0 Å². The Balaban J connectivity index is 1.62. The van der Waals surface area contributed by atoms with Crippen LogP contribution in [-0.2, 0) is 16.0 Å². The molecule has 6 nitrogen and oxygen atoms in total. The van der Waals surface area contributed by atoms with Crippen molar-refractivity contribution in [3.05, 3.63) is 65.9 Å². The standard InChI is InChI=1S/C21H18F2N4O2/c1-2-15-19(12-7-9-13(22)10-8-12)20-25-21(29)17(27(20)26-15)11-18(28)24-16-6-4-3-5-14(16)23/h3-10,17H,2,11H2,1H3,(H,24,28)(H,25,29). The Kier molecular flexibility index (Phi) is 4.84. The number of rotatable bonds is 5. The maximum atomic E-state index is 13.8. The molecule has 2 aromatic carbocycles. The van der Waals surface area contributed by atoms with Crippen molar-refractivity contribution in [1.29, 1.82) is 0 Å². The van der Waals surface area contributed by atoms with E-state index in [0.717, 1.165) is 11.3 Å². The van der Waals surface area contributed by atoms with Crippen LogP contribution in [0.2, 0.25) is 0 Å². The van der Waals surface area contributed by atoms with Crippen LogP contribution in [0.3, 0.4) is 0 Å². The summed E-state index contributed by atoms with van der Waals surface area (Å²) >= 11 is 0. The highest BCUT2D eigenvalue weighted by Crippen LogP contribution is 2.38. The number of nitrogens with one attached hydrogen (secondary N) is 2. The molecule has 0 aliphatic carbocycles. The summed E-state index contributed by atoms with van der Waals surface area (Å²) in [6.45, 7) is 1.92. The van der Waals surface area contributed by atoms with Crippen molar-refractivity contribution in [2.75, 3.05) is 10.6 Å². The molecule has 1 atom stereocenters. The van der Waals surface area contributed by atoms with E-state index in [1.807, 2.05) is 6.92 Å². The number of aryl methyl sites for hydroxylation is 1. The third-order valence-corrected chi connectivity index (χ3v) is 4.82. The van der Waals surface area contributed by atoms with Crippen LogP contribution in [0.25, 0.3) is 11.1 Å². The zero-order chi connectivity index (χ0) is 20.5. The van der Waals surface area contributed by atoms with Crippen molar-refractivity contribution < 1.29 is 18.4 Å². The normalized spacial score (nSPS) is 15.1. The lowest BCUT2D eigenvalue weighted by Gasteiger charge is -2.10. The molecule has 0 bridgehead atoms. The molecular formula is C21H18F2N4O2. The van der Waals surface area contributed by atoms with E-state index in [1.165, 1.54) is 35.0 Å². The predicted octanol–water partition coefficient (Wildman–Crippen LogP) is 3.91. The summed E-state index contributed by atoms with van der Waals surface area (Å²) in [7, 11) is 0. The molecule has 148 valence electrons. The first-order valence-electron chi connectivity index (χ1n) is 9.20. The Morgan fingerprint density at radius 3 is 2.59 bits per heavy atom. The first kappa shape index (κ1) is 18.8. The number of benzene rings is 2. The molecular weight excluding hydrogens is 378 g/mol. The highest BCUT2D eigenvalue weighted by Gasteiger charge is 2.36. The van der Waals surface area contributed by atoms with Crippen LogP contribution in [0.1, 0.15) is 25.1 Å². The van der Waals surface area contributed by atoms with E-state index in [9.17, 15) is 18.4 Å². The van der Waals surface area contributed by atoms with E-state index >= 15 is 0 Å². The molecule has 0 radical (unpaired) electrons. The maximum absolute atomic E-state index is 13.8. The van der Waals surface area contributed by atoms with Crippen molar-refractivity contribution in [3.8, 4) is 11.1 Å². The van der Waals surface area contributed by atoms with Crippen molar-refractivity contribution >= 4 is 23.3 Å². The molecule has 2 heterocycles. The van der Waals surface area contributed by atoms with Crippen molar-refractivity contribution in [2.24, 2.45) is 0 Å². The van der Waals surface area contributed by atoms with Gasteiger partial charge in [-0.1, -0.05) is 31.2 Å². The maximum Gasteiger partial charge on any atom is 0.251 e. The Morgan fingerprint density at radius 2 is 1.90 bits per heavy atom. The van der Waals surface area contributed by atoms with Crippen molar-refractivity contribution in [2.45, 2.75) is 25.8 Å². The monoisotopic (exact) mass is 396 g/mol. The average Bonchev–Trinajstić information content (AvgIpc) is 3.20. The number of para-hydroxylation sites is 1. The van der Waals surface area contributed by atoms with Gasteiger partial charge in [-0.05, 0) is 36.2 Å². The molecule has 29 heavy (non-hydrogen) atoms. The van der Waals surface area contributed by atoms with E-state index in [2.05, 4.69) is 15.7 Å². The summed E-state index contributed by atoms with van der Waals surface area (Å²) in [4.78, 5) is 24.9. The fourth-order valence-corrected chi connectivity index (χ4v) is 3.42. The Morgan fingerprint density at radius 1 is 1.17 bits per heavy atom. The van der Waals surface area contributed by atoms with Crippen LogP contribution in [0.4, 0.5) is 20.3 Å². The lowest BCUT2D eigenvalue weighted by atomic mass is 10.0. The quantitative estimate of drug-likeness (QED) is 0.687. The second-order valence-corrected chi connectivity index (χ2v) is 6.71. The first-order valence-corrected chi connectivity index (χ1v) is 9.20. The van der Waals surface area contributed by atoms with Gasteiger partial charge in [0.2, 0.25) is 5.91 Å². The number of hydrogen-bond acceptors (Lipinski definition) is 3. The van der Waals surface area contributed by atoms with Gasteiger partial charge in [0.05, 0.1) is 17.8 Å². The van der Waals surface area contributed by atoms with Crippen LogP contribution in [0, 0.1) is 11.6 Å². The molecule has 0 fully saturated rings. The largest absolute Gasteiger partial charge is 0.324 e. The molecule has 2 N–H and O–H groups in total. The van der Waals surface area contributed by atoms with Crippen LogP contribution in [0.15, 0.2) is 48.5 Å². The van der Waals surface area contributed by atoms with E-state index in [4.69, 9.17) is 0 Å². The van der Waals surface area contributed by atoms with Gasteiger partial charge in [-0.2, -0.15) is 5.10 Å².